The number of rotatable bonds is 5. The molecular formula is C14H14FIN2O2S. The van der Waals surface area contributed by atoms with Crippen LogP contribution in [0.25, 0.3) is 0 Å². The molecule has 0 aliphatic carbocycles. The van der Waals surface area contributed by atoms with Crippen LogP contribution < -0.4 is 10.5 Å². The lowest BCUT2D eigenvalue weighted by Gasteiger charge is -2.10. The van der Waals surface area contributed by atoms with Gasteiger partial charge in [-0.2, -0.15) is 0 Å². The Morgan fingerprint density at radius 1 is 1.14 bits per heavy atom. The summed E-state index contributed by atoms with van der Waals surface area (Å²) in [5, 5.41) is 0. The molecule has 0 aromatic heterocycles. The first-order chi connectivity index (χ1) is 9.92. The molecule has 0 spiro atoms. The van der Waals surface area contributed by atoms with E-state index in [1.54, 1.807) is 12.1 Å². The standard InChI is InChI=1S/C14H14FIN2O2S/c15-11-3-6-14(13(16)9-11)18-21(19,20)12-4-1-10(2-5-12)7-8-17/h1-6,9,18H,7-8,17H2. The molecule has 0 heterocycles. The molecule has 0 amide bonds. The molecule has 21 heavy (non-hydrogen) atoms. The van der Waals surface area contributed by atoms with Gasteiger partial charge in [-0.1, -0.05) is 12.1 Å². The fourth-order valence-corrected chi connectivity index (χ4v) is 3.65. The van der Waals surface area contributed by atoms with Crippen LogP contribution in [0.1, 0.15) is 5.56 Å². The van der Waals surface area contributed by atoms with Gasteiger partial charge in [-0.05, 0) is 71.5 Å². The van der Waals surface area contributed by atoms with Crippen LogP contribution in [-0.2, 0) is 16.4 Å². The van der Waals surface area contributed by atoms with Crippen LogP contribution in [0.15, 0.2) is 47.4 Å². The molecule has 0 aliphatic heterocycles. The normalized spacial score (nSPS) is 11.4. The van der Waals surface area contributed by atoms with Crippen molar-refractivity contribution in [3.63, 3.8) is 0 Å². The smallest absolute Gasteiger partial charge is 0.261 e. The molecule has 0 saturated carbocycles. The first-order valence-electron chi connectivity index (χ1n) is 6.19. The molecule has 0 fully saturated rings. The van der Waals surface area contributed by atoms with Crippen molar-refractivity contribution >= 4 is 38.3 Å². The van der Waals surface area contributed by atoms with E-state index in [4.69, 9.17) is 5.73 Å². The van der Waals surface area contributed by atoms with Crippen LogP contribution in [0.4, 0.5) is 10.1 Å². The lowest BCUT2D eigenvalue weighted by Crippen LogP contribution is -2.14. The van der Waals surface area contributed by atoms with E-state index >= 15 is 0 Å². The highest BCUT2D eigenvalue weighted by Crippen LogP contribution is 2.22. The third kappa shape index (κ3) is 4.14. The van der Waals surface area contributed by atoms with Gasteiger partial charge in [0.1, 0.15) is 5.82 Å². The lowest BCUT2D eigenvalue weighted by atomic mass is 10.2. The number of sulfonamides is 1. The molecule has 0 unspecified atom stereocenters. The predicted octanol–water partition coefficient (Wildman–Crippen LogP) is 2.73. The summed E-state index contributed by atoms with van der Waals surface area (Å²) in [4.78, 5) is 0.156. The fourth-order valence-electron chi connectivity index (χ4n) is 1.78. The molecular weight excluding hydrogens is 406 g/mol. The minimum absolute atomic E-state index is 0.156. The Kier molecular flexibility index (Phi) is 5.17. The van der Waals surface area contributed by atoms with Gasteiger partial charge in [0.05, 0.1) is 10.6 Å². The minimum atomic E-state index is -3.69. The molecule has 2 aromatic rings. The van der Waals surface area contributed by atoms with E-state index in [0.29, 0.717) is 22.2 Å². The second kappa shape index (κ2) is 6.71. The predicted molar refractivity (Wildman–Crippen MR) is 89.1 cm³/mol. The molecule has 2 aromatic carbocycles. The zero-order valence-electron chi connectivity index (χ0n) is 11.0. The Labute approximate surface area is 136 Å². The average molecular weight is 420 g/mol. The van der Waals surface area contributed by atoms with Gasteiger partial charge < -0.3 is 5.73 Å². The van der Waals surface area contributed by atoms with Crippen LogP contribution in [0.3, 0.4) is 0 Å². The van der Waals surface area contributed by atoms with Crippen molar-refractivity contribution in [1.29, 1.82) is 0 Å². The Bertz CT molecular complexity index is 733. The van der Waals surface area contributed by atoms with Crippen molar-refractivity contribution < 1.29 is 12.8 Å². The number of nitrogens with two attached hydrogens (primary N) is 1. The zero-order valence-corrected chi connectivity index (χ0v) is 14.0. The molecule has 0 radical (unpaired) electrons. The highest BCUT2D eigenvalue weighted by atomic mass is 127. The Morgan fingerprint density at radius 3 is 2.38 bits per heavy atom. The van der Waals surface area contributed by atoms with Crippen LogP contribution in [0.2, 0.25) is 0 Å². The second-order valence-electron chi connectivity index (χ2n) is 4.41. The van der Waals surface area contributed by atoms with E-state index < -0.39 is 15.8 Å². The van der Waals surface area contributed by atoms with E-state index in [1.807, 2.05) is 22.6 Å². The average Bonchev–Trinajstić information content (AvgIpc) is 2.43. The monoisotopic (exact) mass is 420 g/mol. The van der Waals surface area contributed by atoms with Gasteiger partial charge in [-0.3, -0.25) is 4.72 Å². The van der Waals surface area contributed by atoms with Gasteiger partial charge in [0.15, 0.2) is 0 Å². The second-order valence-corrected chi connectivity index (χ2v) is 7.26. The van der Waals surface area contributed by atoms with Crippen LogP contribution in [0.5, 0.6) is 0 Å². The first kappa shape index (κ1) is 16.2. The molecule has 0 bridgehead atoms. The number of nitrogens with one attached hydrogen (secondary N) is 1. The largest absolute Gasteiger partial charge is 0.330 e. The van der Waals surface area contributed by atoms with Crippen LogP contribution in [-0.4, -0.2) is 15.0 Å². The minimum Gasteiger partial charge on any atom is -0.330 e. The van der Waals surface area contributed by atoms with E-state index in [-0.39, 0.29) is 4.90 Å². The lowest BCUT2D eigenvalue weighted by molar-refractivity contribution is 0.601. The number of hydrogen-bond donors (Lipinski definition) is 2. The van der Waals surface area contributed by atoms with Crippen molar-refractivity contribution in [1.82, 2.24) is 0 Å². The van der Waals surface area contributed by atoms with Crippen molar-refractivity contribution in [3.05, 3.63) is 57.4 Å². The molecule has 0 aliphatic rings. The van der Waals surface area contributed by atoms with Crippen molar-refractivity contribution in [2.75, 3.05) is 11.3 Å². The summed E-state index contributed by atoms with van der Waals surface area (Å²) >= 11 is 1.88. The summed E-state index contributed by atoms with van der Waals surface area (Å²) in [6.45, 7) is 0.512. The Morgan fingerprint density at radius 2 is 1.81 bits per heavy atom. The first-order valence-corrected chi connectivity index (χ1v) is 8.75. The maximum Gasteiger partial charge on any atom is 0.261 e. The number of anilines is 1. The Hall–Kier alpha value is -1.19. The third-order valence-electron chi connectivity index (χ3n) is 2.84. The summed E-state index contributed by atoms with van der Waals surface area (Å²) in [6, 6.07) is 10.4. The summed E-state index contributed by atoms with van der Waals surface area (Å²) < 4.78 is 40.5. The summed E-state index contributed by atoms with van der Waals surface area (Å²) in [7, 11) is -3.69. The maximum atomic E-state index is 13.0. The Balaban J connectivity index is 2.25. The van der Waals surface area contributed by atoms with Gasteiger partial charge in [-0.15, -0.1) is 0 Å². The van der Waals surface area contributed by atoms with Crippen molar-refractivity contribution in [2.24, 2.45) is 5.73 Å². The zero-order chi connectivity index (χ0) is 15.5. The van der Waals surface area contributed by atoms with Gasteiger partial charge in [0, 0.05) is 3.57 Å². The van der Waals surface area contributed by atoms with Gasteiger partial charge in [-0.25, -0.2) is 12.8 Å². The van der Waals surface area contributed by atoms with Crippen LogP contribution >= 0.6 is 22.6 Å². The summed E-state index contributed by atoms with van der Waals surface area (Å²) in [6.07, 6.45) is 0.698. The van der Waals surface area contributed by atoms with E-state index in [2.05, 4.69) is 4.72 Å². The summed E-state index contributed by atoms with van der Waals surface area (Å²) in [5.41, 5.74) is 6.78. The molecule has 0 atom stereocenters. The molecule has 4 nitrogen and oxygen atoms in total. The molecule has 7 heteroatoms. The SMILES string of the molecule is NCCc1ccc(S(=O)(=O)Nc2ccc(F)cc2I)cc1. The summed E-state index contributed by atoms with van der Waals surface area (Å²) in [5.74, 6) is -0.409. The molecule has 0 saturated heterocycles. The maximum absolute atomic E-state index is 13.0. The van der Waals surface area contributed by atoms with Crippen molar-refractivity contribution in [2.45, 2.75) is 11.3 Å². The van der Waals surface area contributed by atoms with E-state index in [9.17, 15) is 12.8 Å². The van der Waals surface area contributed by atoms with E-state index in [0.717, 1.165) is 5.56 Å². The topological polar surface area (TPSA) is 72.2 Å². The number of hydrogen-bond acceptors (Lipinski definition) is 3. The quantitative estimate of drug-likeness (QED) is 0.731. The van der Waals surface area contributed by atoms with Gasteiger partial charge in [0.2, 0.25) is 0 Å². The molecule has 112 valence electrons. The van der Waals surface area contributed by atoms with Crippen molar-refractivity contribution in [3.8, 4) is 0 Å². The highest BCUT2D eigenvalue weighted by Gasteiger charge is 2.15. The van der Waals surface area contributed by atoms with Crippen LogP contribution in [0, 0.1) is 9.39 Å². The van der Waals surface area contributed by atoms with E-state index in [1.165, 1.54) is 30.3 Å². The molecule has 2 rings (SSSR count). The number of benzene rings is 2. The number of halogens is 2. The molecule has 3 N–H and O–H groups in total. The highest BCUT2D eigenvalue weighted by molar-refractivity contribution is 14.1. The van der Waals surface area contributed by atoms with Gasteiger partial charge in [0.25, 0.3) is 10.0 Å². The third-order valence-corrected chi connectivity index (χ3v) is 5.12. The fraction of sp³-hybridized carbons (Fsp3) is 0.143. The van der Waals surface area contributed by atoms with Gasteiger partial charge >= 0.3 is 0 Å².